The largest absolute Gasteiger partial charge is 0.311 e. The molecular weight excluding hydrogens is 312 g/mol. The van der Waals surface area contributed by atoms with E-state index in [0.717, 1.165) is 16.8 Å². The predicted octanol–water partition coefficient (Wildman–Crippen LogP) is 2.00. The molecule has 6 heteroatoms. The minimum atomic E-state index is -3.58. The summed E-state index contributed by atoms with van der Waals surface area (Å²) in [4.78, 5) is 14.0. The molecule has 0 aromatic heterocycles. The molecule has 0 saturated carbocycles. The molecule has 2 aromatic rings. The average Bonchev–Trinajstić information content (AvgIpc) is 2.86. The molecule has 120 valence electrons. The van der Waals surface area contributed by atoms with Gasteiger partial charge >= 0.3 is 0 Å². The Kier molecular flexibility index (Phi) is 4.19. The Morgan fingerprint density at radius 3 is 2.39 bits per heavy atom. The van der Waals surface area contributed by atoms with Gasteiger partial charge in [0.2, 0.25) is 15.9 Å². The van der Waals surface area contributed by atoms with Crippen LogP contribution < -0.4 is 10.0 Å². The second-order valence-electron chi connectivity index (χ2n) is 5.79. The number of nitrogens with two attached hydrogens (primary N) is 1. The second kappa shape index (κ2) is 6.14. The fourth-order valence-corrected chi connectivity index (χ4v) is 3.91. The van der Waals surface area contributed by atoms with E-state index in [1.807, 2.05) is 54.6 Å². The van der Waals surface area contributed by atoms with E-state index in [2.05, 4.69) is 0 Å². The van der Waals surface area contributed by atoms with Crippen LogP contribution in [0.2, 0.25) is 0 Å². The Balaban J connectivity index is 1.92. The smallest absolute Gasteiger partial charge is 0.227 e. The van der Waals surface area contributed by atoms with Crippen LogP contribution in [-0.4, -0.2) is 26.6 Å². The maximum absolute atomic E-state index is 12.3. The number of benzene rings is 2. The van der Waals surface area contributed by atoms with Crippen LogP contribution in [0, 0.1) is 5.92 Å². The summed E-state index contributed by atoms with van der Waals surface area (Å²) in [5.74, 6) is -0.494. The van der Waals surface area contributed by atoms with Gasteiger partial charge in [-0.25, -0.2) is 13.6 Å². The van der Waals surface area contributed by atoms with Gasteiger partial charge in [0.05, 0.1) is 11.4 Å². The van der Waals surface area contributed by atoms with Crippen molar-refractivity contribution in [1.29, 1.82) is 0 Å². The van der Waals surface area contributed by atoms with Crippen molar-refractivity contribution >= 4 is 21.6 Å². The zero-order valence-corrected chi connectivity index (χ0v) is 13.4. The van der Waals surface area contributed by atoms with Crippen LogP contribution in [0.1, 0.15) is 6.42 Å². The third-order valence-electron chi connectivity index (χ3n) is 3.95. The number of para-hydroxylation sites is 1. The first-order valence-corrected chi connectivity index (χ1v) is 9.11. The van der Waals surface area contributed by atoms with Gasteiger partial charge in [-0.05, 0) is 11.6 Å². The molecule has 0 aliphatic carbocycles. The SMILES string of the molecule is NS(=O)(=O)CC1CC(=O)N(c2ccccc2-c2ccccc2)C1. The van der Waals surface area contributed by atoms with Crippen LogP contribution in [0.15, 0.2) is 54.6 Å². The normalized spacial score (nSPS) is 18.4. The van der Waals surface area contributed by atoms with Crippen LogP contribution in [-0.2, 0) is 14.8 Å². The maximum Gasteiger partial charge on any atom is 0.227 e. The van der Waals surface area contributed by atoms with E-state index in [9.17, 15) is 13.2 Å². The number of hydrogen-bond acceptors (Lipinski definition) is 3. The van der Waals surface area contributed by atoms with Crippen molar-refractivity contribution < 1.29 is 13.2 Å². The molecule has 1 fully saturated rings. The van der Waals surface area contributed by atoms with Crippen molar-refractivity contribution in [2.24, 2.45) is 11.1 Å². The van der Waals surface area contributed by atoms with Gasteiger partial charge in [-0.1, -0.05) is 48.5 Å². The van der Waals surface area contributed by atoms with E-state index in [1.165, 1.54) is 0 Å². The first-order chi connectivity index (χ1) is 10.9. The van der Waals surface area contributed by atoms with Crippen molar-refractivity contribution in [2.75, 3.05) is 17.2 Å². The van der Waals surface area contributed by atoms with Crippen molar-refractivity contribution in [3.63, 3.8) is 0 Å². The van der Waals surface area contributed by atoms with E-state index in [-0.39, 0.29) is 24.0 Å². The lowest BCUT2D eigenvalue weighted by Crippen LogP contribution is -2.27. The number of anilines is 1. The first-order valence-electron chi connectivity index (χ1n) is 7.39. The van der Waals surface area contributed by atoms with Crippen LogP contribution in [0.5, 0.6) is 0 Å². The molecule has 0 bridgehead atoms. The minimum Gasteiger partial charge on any atom is -0.311 e. The molecule has 2 aromatic carbocycles. The zero-order valence-electron chi connectivity index (χ0n) is 12.6. The zero-order chi connectivity index (χ0) is 16.4. The van der Waals surface area contributed by atoms with E-state index in [0.29, 0.717) is 6.54 Å². The standard InChI is InChI=1S/C17H18N2O3S/c18-23(21,22)12-13-10-17(20)19(11-13)16-9-5-4-8-15(16)14-6-2-1-3-7-14/h1-9,13H,10-12H2,(H2,18,21,22). The van der Waals surface area contributed by atoms with Gasteiger partial charge in [-0.3, -0.25) is 4.79 Å². The molecule has 1 saturated heterocycles. The number of carbonyl (C=O) groups is 1. The molecule has 1 aliphatic heterocycles. The van der Waals surface area contributed by atoms with Crippen molar-refractivity contribution in [3.8, 4) is 11.1 Å². The Hall–Kier alpha value is -2.18. The van der Waals surface area contributed by atoms with Gasteiger partial charge in [-0.2, -0.15) is 0 Å². The Morgan fingerprint density at radius 2 is 1.70 bits per heavy atom. The van der Waals surface area contributed by atoms with Gasteiger partial charge in [0.25, 0.3) is 0 Å². The summed E-state index contributed by atoms with van der Waals surface area (Å²) < 4.78 is 22.5. The third kappa shape index (κ3) is 3.60. The van der Waals surface area contributed by atoms with Gasteiger partial charge in [-0.15, -0.1) is 0 Å². The Morgan fingerprint density at radius 1 is 1.04 bits per heavy atom. The van der Waals surface area contributed by atoms with Crippen molar-refractivity contribution in [3.05, 3.63) is 54.6 Å². The lowest BCUT2D eigenvalue weighted by molar-refractivity contribution is -0.117. The molecular formula is C17H18N2O3S. The van der Waals surface area contributed by atoms with Crippen LogP contribution in [0.4, 0.5) is 5.69 Å². The van der Waals surface area contributed by atoms with Crippen molar-refractivity contribution in [1.82, 2.24) is 0 Å². The number of primary sulfonamides is 1. The summed E-state index contributed by atoms with van der Waals surface area (Å²) in [6.45, 7) is 0.374. The molecule has 0 radical (unpaired) electrons. The van der Waals surface area contributed by atoms with E-state index < -0.39 is 10.0 Å². The van der Waals surface area contributed by atoms with E-state index >= 15 is 0 Å². The molecule has 23 heavy (non-hydrogen) atoms. The summed E-state index contributed by atoms with van der Waals surface area (Å²) in [6, 6.07) is 17.5. The summed E-state index contributed by atoms with van der Waals surface area (Å²) in [7, 11) is -3.58. The molecule has 1 aliphatic rings. The molecule has 1 unspecified atom stereocenters. The van der Waals surface area contributed by atoms with Gasteiger partial charge in [0, 0.05) is 24.4 Å². The predicted molar refractivity (Wildman–Crippen MR) is 90.3 cm³/mol. The second-order valence-corrected chi connectivity index (χ2v) is 7.45. The minimum absolute atomic E-state index is 0.0676. The Labute approximate surface area is 135 Å². The molecule has 1 atom stereocenters. The van der Waals surface area contributed by atoms with E-state index in [1.54, 1.807) is 4.90 Å². The summed E-state index contributed by atoms with van der Waals surface area (Å²) in [5, 5.41) is 5.11. The fraction of sp³-hybridized carbons (Fsp3) is 0.235. The summed E-state index contributed by atoms with van der Waals surface area (Å²) in [6.07, 6.45) is 0.208. The lowest BCUT2D eigenvalue weighted by Gasteiger charge is -2.20. The first kappa shape index (κ1) is 15.7. The molecule has 1 amide bonds. The van der Waals surface area contributed by atoms with Gasteiger partial charge in [0.15, 0.2) is 0 Å². The lowest BCUT2D eigenvalue weighted by atomic mass is 10.0. The summed E-state index contributed by atoms with van der Waals surface area (Å²) in [5.41, 5.74) is 2.78. The number of hydrogen-bond donors (Lipinski definition) is 1. The van der Waals surface area contributed by atoms with E-state index in [4.69, 9.17) is 5.14 Å². The molecule has 0 spiro atoms. The Bertz CT molecular complexity index is 819. The average molecular weight is 330 g/mol. The molecule has 5 nitrogen and oxygen atoms in total. The van der Waals surface area contributed by atoms with Gasteiger partial charge in [0.1, 0.15) is 0 Å². The van der Waals surface area contributed by atoms with Crippen LogP contribution in [0.3, 0.4) is 0 Å². The van der Waals surface area contributed by atoms with Gasteiger partial charge < -0.3 is 4.90 Å². The number of amides is 1. The fourth-order valence-electron chi connectivity index (χ4n) is 3.03. The van der Waals surface area contributed by atoms with Crippen molar-refractivity contribution in [2.45, 2.75) is 6.42 Å². The van der Waals surface area contributed by atoms with Crippen LogP contribution in [0.25, 0.3) is 11.1 Å². The highest BCUT2D eigenvalue weighted by Gasteiger charge is 2.33. The highest BCUT2D eigenvalue weighted by Crippen LogP contribution is 2.34. The molecule has 1 heterocycles. The quantitative estimate of drug-likeness (QED) is 0.931. The van der Waals surface area contributed by atoms with Crippen LogP contribution >= 0.6 is 0 Å². The number of sulfonamides is 1. The monoisotopic (exact) mass is 330 g/mol. The number of nitrogens with zero attached hydrogens (tertiary/aromatic N) is 1. The number of carbonyl (C=O) groups excluding carboxylic acids is 1. The maximum atomic E-state index is 12.3. The summed E-state index contributed by atoms with van der Waals surface area (Å²) >= 11 is 0. The topological polar surface area (TPSA) is 80.5 Å². The molecule has 3 rings (SSSR count). The molecule has 2 N–H and O–H groups in total. The third-order valence-corrected chi connectivity index (χ3v) is 4.89. The highest BCUT2D eigenvalue weighted by atomic mass is 32.2. The highest BCUT2D eigenvalue weighted by molar-refractivity contribution is 7.89. The number of rotatable bonds is 4.